The predicted octanol–water partition coefficient (Wildman–Crippen LogP) is 3.37. The summed E-state index contributed by atoms with van der Waals surface area (Å²) in [6.07, 6.45) is 1.41. The second kappa shape index (κ2) is 7.77. The Balaban J connectivity index is 2.14. The van der Waals surface area contributed by atoms with E-state index in [1.54, 1.807) is 30.3 Å². The molecule has 2 aromatic carbocycles. The lowest BCUT2D eigenvalue weighted by molar-refractivity contribution is 0.0952. The van der Waals surface area contributed by atoms with Gasteiger partial charge in [0.15, 0.2) is 0 Å². The average molecular weight is 522 g/mol. The number of halogens is 2. The number of hydrogen-bond donors (Lipinski definition) is 2. The van der Waals surface area contributed by atoms with Crippen LogP contribution in [0.3, 0.4) is 0 Å². The van der Waals surface area contributed by atoms with E-state index in [9.17, 15) is 9.90 Å². The Kier molecular flexibility index (Phi) is 6.00. The number of benzene rings is 2. The molecule has 0 aliphatic rings. The first-order chi connectivity index (χ1) is 10.5. The number of phenolic OH excluding ortho intramolecular Hbond substituents is 1. The molecule has 0 saturated carbocycles. The number of hydrogen-bond acceptors (Lipinski definition) is 4. The topological polar surface area (TPSA) is 70.9 Å². The number of carbonyl (C=O) groups is 1. The third-order valence-electron chi connectivity index (χ3n) is 2.78. The Bertz CT molecular complexity index is 733. The van der Waals surface area contributed by atoms with Gasteiger partial charge in [0.2, 0.25) is 0 Å². The monoisotopic (exact) mass is 522 g/mol. The highest BCUT2D eigenvalue weighted by molar-refractivity contribution is 14.1. The van der Waals surface area contributed by atoms with Crippen LogP contribution in [0, 0.1) is 7.14 Å². The van der Waals surface area contributed by atoms with Gasteiger partial charge in [-0.15, -0.1) is 0 Å². The van der Waals surface area contributed by atoms with Gasteiger partial charge in [-0.1, -0.05) is 12.1 Å². The molecule has 2 rings (SSSR count). The smallest absolute Gasteiger partial charge is 0.275 e. The molecule has 7 heteroatoms. The van der Waals surface area contributed by atoms with Crippen LogP contribution in [-0.2, 0) is 0 Å². The fourth-order valence-corrected chi connectivity index (χ4v) is 3.63. The largest absolute Gasteiger partial charge is 0.506 e. The maximum Gasteiger partial charge on any atom is 0.275 e. The molecule has 0 aromatic heterocycles. The van der Waals surface area contributed by atoms with Crippen LogP contribution in [0.4, 0.5) is 0 Å². The molecule has 2 aromatic rings. The summed E-state index contributed by atoms with van der Waals surface area (Å²) in [6, 6.07) is 10.5. The number of hydrazone groups is 1. The van der Waals surface area contributed by atoms with Gasteiger partial charge in [-0.2, -0.15) is 5.10 Å². The van der Waals surface area contributed by atoms with Gasteiger partial charge in [0.25, 0.3) is 5.91 Å². The van der Waals surface area contributed by atoms with Crippen LogP contribution in [0.25, 0.3) is 0 Å². The molecule has 0 heterocycles. The summed E-state index contributed by atoms with van der Waals surface area (Å²) in [5, 5.41) is 13.8. The van der Waals surface area contributed by atoms with E-state index in [-0.39, 0.29) is 11.7 Å². The molecule has 2 N–H and O–H groups in total. The lowest BCUT2D eigenvalue weighted by Crippen LogP contribution is -2.18. The molecule has 0 bridgehead atoms. The van der Waals surface area contributed by atoms with Crippen LogP contribution < -0.4 is 10.2 Å². The van der Waals surface area contributed by atoms with Gasteiger partial charge < -0.3 is 9.84 Å². The highest BCUT2D eigenvalue weighted by Gasteiger charge is 2.10. The zero-order chi connectivity index (χ0) is 16.1. The second-order valence-corrected chi connectivity index (χ2v) is 6.63. The van der Waals surface area contributed by atoms with Crippen molar-refractivity contribution >= 4 is 57.3 Å². The highest BCUT2D eigenvalue weighted by atomic mass is 127. The first-order valence-corrected chi connectivity index (χ1v) is 8.33. The lowest BCUT2D eigenvalue weighted by atomic mass is 10.2. The van der Waals surface area contributed by atoms with E-state index in [0.717, 1.165) is 7.14 Å². The van der Waals surface area contributed by atoms with Gasteiger partial charge >= 0.3 is 0 Å². The molecule has 0 atom stereocenters. The number of methoxy groups -OCH3 is 1. The molecular formula is C15H12I2N2O3. The number of phenols is 1. The van der Waals surface area contributed by atoms with E-state index in [1.807, 2.05) is 28.7 Å². The molecular weight excluding hydrogens is 510 g/mol. The molecule has 22 heavy (non-hydrogen) atoms. The lowest BCUT2D eigenvalue weighted by Gasteiger charge is -2.06. The minimum atomic E-state index is -0.381. The maximum absolute atomic E-state index is 12.1. The molecule has 114 valence electrons. The first-order valence-electron chi connectivity index (χ1n) is 6.17. The molecule has 0 aliphatic carbocycles. The van der Waals surface area contributed by atoms with E-state index in [2.05, 4.69) is 33.1 Å². The standard InChI is InChI=1S/C15H12I2N2O3/c1-22-13-5-3-2-4-11(13)15(21)19-18-8-9-6-10(16)7-12(17)14(9)20/h2-8,20H,1H3,(H,19,21)/b18-8+. The summed E-state index contributed by atoms with van der Waals surface area (Å²) in [5.41, 5.74) is 3.35. The number of nitrogens with zero attached hydrogens (tertiary/aromatic N) is 1. The molecule has 0 radical (unpaired) electrons. The number of ether oxygens (including phenoxy) is 1. The molecule has 0 aliphatic heterocycles. The molecule has 1 amide bonds. The Morgan fingerprint density at radius 1 is 1.32 bits per heavy atom. The van der Waals surface area contributed by atoms with E-state index >= 15 is 0 Å². The van der Waals surface area contributed by atoms with E-state index in [1.165, 1.54) is 13.3 Å². The van der Waals surface area contributed by atoms with Crippen molar-refractivity contribution in [1.29, 1.82) is 0 Å². The van der Waals surface area contributed by atoms with Crippen LogP contribution in [0.1, 0.15) is 15.9 Å². The van der Waals surface area contributed by atoms with Gasteiger partial charge in [0, 0.05) is 9.13 Å². The SMILES string of the molecule is COc1ccccc1C(=O)N/N=C/c1cc(I)cc(I)c1O. The van der Waals surface area contributed by atoms with Crippen molar-refractivity contribution in [2.75, 3.05) is 7.11 Å². The Morgan fingerprint density at radius 3 is 2.77 bits per heavy atom. The van der Waals surface area contributed by atoms with Crippen LogP contribution in [0.5, 0.6) is 11.5 Å². The van der Waals surface area contributed by atoms with Crippen LogP contribution in [0.2, 0.25) is 0 Å². The van der Waals surface area contributed by atoms with Gasteiger partial charge in [-0.3, -0.25) is 4.79 Å². The van der Waals surface area contributed by atoms with E-state index in [0.29, 0.717) is 16.9 Å². The minimum Gasteiger partial charge on any atom is -0.506 e. The average Bonchev–Trinajstić information content (AvgIpc) is 2.51. The van der Waals surface area contributed by atoms with Crippen molar-refractivity contribution < 1.29 is 14.6 Å². The Hall–Kier alpha value is -1.36. The third-order valence-corrected chi connectivity index (χ3v) is 4.22. The summed E-state index contributed by atoms with van der Waals surface area (Å²) >= 11 is 4.19. The van der Waals surface area contributed by atoms with Crippen molar-refractivity contribution in [1.82, 2.24) is 5.43 Å². The van der Waals surface area contributed by atoms with Crippen LogP contribution in [-0.4, -0.2) is 24.3 Å². The number of nitrogens with one attached hydrogen (secondary N) is 1. The van der Waals surface area contributed by atoms with Gasteiger partial charge in [-0.05, 0) is 69.4 Å². The number of carbonyl (C=O) groups excluding carboxylic acids is 1. The Labute approximate surface area is 155 Å². The maximum atomic E-state index is 12.1. The summed E-state index contributed by atoms with van der Waals surface area (Å²) < 4.78 is 6.82. The van der Waals surface area contributed by atoms with Crippen molar-refractivity contribution in [3.05, 3.63) is 54.7 Å². The summed E-state index contributed by atoms with van der Waals surface area (Å²) in [4.78, 5) is 12.1. The second-order valence-electron chi connectivity index (χ2n) is 4.22. The summed E-state index contributed by atoms with van der Waals surface area (Å²) in [6.45, 7) is 0. The molecule has 5 nitrogen and oxygen atoms in total. The van der Waals surface area contributed by atoms with E-state index < -0.39 is 0 Å². The Morgan fingerprint density at radius 2 is 2.05 bits per heavy atom. The fourth-order valence-electron chi connectivity index (χ4n) is 1.74. The highest BCUT2D eigenvalue weighted by Crippen LogP contribution is 2.25. The quantitative estimate of drug-likeness (QED) is 0.368. The van der Waals surface area contributed by atoms with E-state index in [4.69, 9.17) is 4.74 Å². The van der Waals surface area contributed by atoms with Gasteiger partial charge in [0.1, 0.15) is 11.5 Å². The molecule has 0 fully saturated rings. The van der Waals surface area contributed by atoms with Gasteiger partial charge in [-0.25, -0.2) is 5.43 Å². The van der Waals surface area contributed by atoms with Crippen molar-refractivity contribution in [3.8, 4) is 11.5 Å². The number of aromatic hydroxyl groups is 1. The van der Waals surface area contributed by atoms with Crippen molar-refractivity contribution in [2.45, 2.75) is 0 Å². The number of para-hydroxylation sites is 1. The summed E-state index contributed by atoms with van der Waals surface area (Å²) in [7, 11) is 1.50. The summed E-state index contributed by atoms with van der Waals surface area (Å²) in [5.74, 6) is 0.228. The minimum absolute atomic E-state index is 0.135. The number of rotatable bonds is 4. The van der Waals surface area contributed by atoms with Crippen LogP contribution >= 0.6 is 45.2 Å². The van der Waals surface area contributed by atoms with Crippen molar-refractivity contribution in [3.63, 3.8) is 0 Å². The van der Waals surface area contributed by atoms with Gasteiger partial charge in [0.05, 0.1) is 22.5 Å². The number of amides is 1. The fraction of sp³-hybridized carbons (Fsp3) is 0.0667. The zero-order valence-electron chi connectivity index (χ0n) is 11.5. The normalized spacial score (nSPS) is 10.7. The molecule has 0 unspecified atom stereocenters. The predicted molar refractivity (Wildman–Crippen MR) is 102 cm³/mol. The molecule has 0 spiro atoms. The zero-order valence-corrected chi connectivity index (χ0v) is 15.8. The van der Waals surface area contributed by atoms with Crippen LogP contribution in [0.15, 0.2) is 41.5 Å². The van der Waals surface area contributed by atoms with Crippen molar-refractivity contribution in [2.24, 2.45) is 5.10 Å². The first kappa shape index (κ1) is 17.0. The molecule has 0 saturated heterocycles. The third kappa shape index (κ3) is 4.09.